The molecule has 1 aliphatic carbocycles. The summed E-state index contributed by atoms with van der Waals surface area (Å²) in [7, 11) is 0. The van der Waals surface area contributed by atoms with E-state index >= 15 is 0 Å². The first-order chi connectivity index (χ1) is 14.2. The molecule has 2 heterocycles. The Balaban J connectivity index is 1.29. The number of amides is 1. The number of hydrogen-bond donors (Lipinski definition) is 1. The third kappa shape index (κ3) is 5.12. The smallest absolute Gasteiger partial charge is 0.227 e. The lowest BCUT2D eigenvalue weighted by Crippen LogP contribution is -2.13. The highest BCUT2D eigenvalue weighted by molar-refractivity contribution is 6.32. The second kappa shape index (κ2) is 9.05. The molecule has 1 aromatic carbocycles. The van der Waals surface area contributed by atoms with Crippen LogP contribution in [0.5, 0.6) is 5.75 Å². The highest BCUT2D eigenvalue weighted by Crippen LogP contribution is 2.31. The number of carbonyl (C=O) groups is 1. The van der Waals surface area contributed by atoms with E-state index in [2.05, 4.69) is 20.4 Å². The van der Waals surface area contributed by atoms with Crippen LogP contribution in [-0.4, -0.2) is 27.1 Å². The molecular formula is C21H21ClN4O3. The first kappa shape index (κ1) is 19.4. The number of anilines is 1. The Morgan fingerprint density at radius 2 is 2.00 bits per heavy atom. The minimum atomic E-state index is -0.158. The van der Waals surface area contributed by atoms with Gasteiger partial charge in [0.05, 0.1) is 11.1 Å². The summed E-state index contributed by atoms with van der Waals surface area (Å²) in [4.78, 5) is 20.5. The number of hydrogen-bond acceptors (Lipinski definition) is 6. The van der Waals surface area contributed by atoms with E-state index in [1.807, 2.05) is 0 Å². The van der Waals surface area contributed by atoms with Crippen LogP contribution in [0.1, 0.15) is 38.0 Å². The van der Waals surface area contributed by atoms with Gasteiger partial charge < -0.3 is 14.6 Å². The number of nitrogens with one attached hydrogen (secondary N) is 1. The normalized spacial score (nSPS) is 14.1. The van der Waals surface area contributed by atoms with Gasteiger partial charge in [-0.3, -0.25) is 9.78 Å². The molecule has 1 aliphatic rings. The quantitative estimate of drug-likeness (QED) is 0.606. The molecule has 1 saturated carbocycles. The maximum absolute atomic E-state index is 12.3. The van der Waals surface area contributed by atoms with Gasteiger partial charge in [0.15, 0.2) is 0 Å². The van der Waals surface area contributed by atoms with Crippen molar-refractivity contribution in [2.45, 2.75) is 44.6 Å². The Hall–Kier alpha value is -2.93. The zero-order valence-corrected chi connectivity index (χ0v) is 16.6. The molecule has 1 amide bonds. The minimum Gasteiger partial charge on any atom is -0.489 e. The number of aryl methyl sites for hydroxylation is 1. The summed E-state index contributed by atoms with van der Waals surface area (Å²) < 4.78 is 11.2. The summed E-state index contributed by atoms with van der Waals surface area (Å²) in [5, 5.41) is 7.26. The molecule has 1 fully saturated rings. The molecule has 150 valence electrons. The van der Waals surface area contributed by atoms with Crippen molar-refractivity contribution in [3.63, 3.8) is 0 Å². The van der Waals surface area contributed by atoms with Crippen LogP contribution in [0.4, 0.5) is 5.69 Å². The average Bonchev–Trinajstić information content (AvgIpc) is 3.41. The van der Waals surface area contributed by atoms with E-state index in [-0.39, 0.29) is 18.4 Å². The van der Waals surface area contributed by atoms with Crippen molar-refractivity contribution in [3.05, 3.63) is 53.6 Å². The predicted octanol–water partition coefficient (Wildman–Crippen LogP) is 4.68. The van der Waals surface area contributed by atoms with Crippen molar-refractivity contribution in [1.29, 1.82) is 0 Å². The molecule has 8 heteroatoms. The van der Waals surface area contributed by atoms with Gasteiger partial charge in [-0.2, -0.15) is 4.98 Å². The summed E-state index contributed by atoms with van der Waals surface area (Å²) in [5.41, 5.74) is 1.44. The lowest BCUT2D eigenvalue weighted by atomic mass is 10.2. The van der Waals surface area contributed by atoms with E-state index in [1.54, 1.807) is 42.7 Å². The first-order valence-electron chi connectivity index (χ1n) is 9.66. The molecule has 4 rings (SSSR count). The second-order valence-electron chi connectivity index (χ2n) is 6.97. The van der Waals surface area contributed by atoms with Gasteiger partial charge in [-0.1, -0.05) is 16.8 Å². The van der Waals surface area contributed by atoms with Crippen molar-refractivity contribution in [2.24, 2.45) is 0 Å². The largest absolute Gasteiger partial charge is 0.489 e. The van der Waals surface area contributed by atoms with Gasteiger partial charge in [-0.15, -0.1) is 0 Å². The van der Waals surface area contributed by atoms with Crippen LogP contribution < -0.4 is 10.1 Å². The van der Waals surface area contributed by atoms with Gasteiger partial charge in [0.2, 0.25) is 17.6 Å². The van der Waals surface area contributed by atoms with Crippen LogP contribution in [0, 0.1) is 0 Å². The van der Waals surface area contributed by atoms with E-state index in [0.717, 1.165) is 18.4 Å². The number of ether oxygens (including phenoxy) is 1. The molecule has 0 atom stereocenters. The van der Waals surface area contributed by atoms with Gasteiger partial charge >= 0.3 is 0 Å². The maximum atomic E-state index is 12.3. The summed E-state index contributed by atoms with van der Waals surface area (Å²) in [6.07, 6.45) is 8.64. The SMILES string of the molecule is O=C(CCc1nc(-c2ccncc2)no1)Nc1ccc(OC2CCCC2)c(Cl)c1. The fourth-order valence-electron chi connectivity index (χ4n) is 3.28. The van der Waals surface area contributed by atoms with Crippen LogP contribution in [0.3, 0.4) is 0 Å². The molecule has 0 unspecified atom stereocenters. The lowest BCUT2D eigenvalue weighted by molar-refractivity contribution is -0.116. The van der Waals surface area contributed by atoms with E-state index in [9.17, 15) is 4.79 Å². The van der Waals surface area contributed by atoms with Crippen molar-refractivity contribution < 1.29 is 14.1 Å². The maximum Gasteiger partial charge on any atom is 0.227 e. The van der Waals surface area contributed by atoms with Crippen molar-refractivity contribution in [1.82, 2.24) is 15.1 Å². The predicted molar refractivity (Wildman–Crippen MR) is 109 cm³/mol. The molecular weight excluding hydrogens is 392 g/mol. The van der Waals surface area contributed by atoms with Gasteiger partial charge in [-0.25, -0.2) is 0 Å². The van der Waals surface area contributed by atoms with Gasteiger partial charge in [0.25, 0.3) is 0 Å². The molecule has 0 aliphatic heterocycles. The van der Waals surface area contributed by atoms with Crippen molar-refractivity contribution >= 4 is 23.2 Å². The Labute approximate surface area is 173 Å². The van der Waals surface area contributed by atoms with E-state index in [0.29, 0.717) is 34.6 Å². The van der Waals surface area contributed by atoms with Gasteiger partial charge in [0, 0.05) is 36.5 Å². The zero-order chi connectivity index (χ0) is 20.1. The summed E-state index contributed by atoms with van der Waals surface area (Å²) in [6, 6.07) is 8.89. The standard InChI is InChI=1S/C21H21ClN4O3/c22-17-13-15(5-6-18(17)28-16-3-1-2-4-16)24-19(27)7-8-20-25-21(26-29-20)14-9-11-23-12-10-14/h5-6,9-13,16H,1-4,7-8H2,(H,24,27). The Bertz CT molecular complexity index is 971. The number of nitrogens with zero attached hydrogens (tertiary/aromatic N) is 3. The molecule has 0 bridgehead atoms. The fraction of sp³-hybridized carbons (Fsp3) is 0.333. The third-order valence-corrected chi connectivity index (χ3v) is 5.08. The molecule has 0 radical (unpaired) electrons. The minimum absolute atomic E-state index is 0.158. The highest BCUT2D eigenvalue weighted by Gasteiger charge is 2.18. The Morgan fingerprint density at radius 3 is 2.76 bits per heavy atom. The number of halogens is 1. The average molecular weight is 413 g/mol. The van der Waals surface area contributed by atoms with Crippen molar-refractivity contribution in [3.8, 4) is 17.1 Å². The third-order valence-electron chi connectivity index (χ3n) is 4.78. The topological polar surface area (TPSA) is 90.1 Å². The number of rotatable bonds is 7. The molecule has 1 N–H and O–H groups in total. The monoisotopic (exact) mass is 412 g/mol. The number of carbonyl (C=O) groups excluding carboxylic acids is 1. The Morgan fingerprint density at radius 1 is 1.21 bits per heavy atom. The Kier molecular flexibility index (Phi) is 6.05. The van der Waals surface area contributed by atoms with Crippen LogP contribution >= 0.6 is 11.6 Å². The molecule has 3 aromatic rings. The summed E-state index contributed by atoms with van der Waals surface area (Å²) in [6.45, 7) is 0. The second-order valence-corrected chi connectivity index (χ2v) is 7.37. The fourth-order valence-corrected chi connectivity index (χ4v) is 3.50. The lowest BCUT2D eigenvalue weighted by Gasteiger charge is -2.15. The van der Waals surface area contributed by atoms with E-state index in [1.165, 1.54) is 12.8 Å². The number of benzene rings is 1. The zero-order valence-electron chi connectivity index (χ0n) is 15.8. The summed E-state index contributed by atoms with van der Waals surface area (Å²) in [5.74, 6) is 1.39. The van der Waals surface area contributed by atoms with E-state index < -0.39 is 0 Å². The number of aromatic nitrogens is 3. The van der Waals surface area contributed by atoms with Crippen LogP contribution in [-0.2, 0) is 11.2 Å². The molecule has 2 aromatic heterocycles. The molecule has 7 nitrogen and oxygen atoms in total. The molecule has 0 spiro atoms. The van der Waals surface area contributed by atoms with E-state index in [4.69, 9.17) is 20.9 Å². The van der Waals surface area contributed by atoms with Gasteiger partial charge in [0.1, 0.15) is 5.75 Å². The van der Waals surface area contributed by atoms with Crippen LogP contribution in [0.2, 0.25) is 5.02 Å². The molecule has 29 heavy (non-hydrogen) atoms. The summed E-state index contributed by atoms with van der Waals surface area (Å²) >= 11 is 6.31. The van der Waals surface area contributed by atoms with Gasteiger partial charge in [-0.05, 0) is 56.0 Å². The highest BCUT2D eigenvalue weighted by atomic mass is 35.5. The van der Waals surface area contributed by atoms with Crippen molar-refractivity contribution in [2.75, 3.05) is 5.32 Å². The first-order valence-corrected chi connectivity index (χ1v) is 10.0. The van der Waals surface area contributed by atoms with Crippen LogP contribution in [0.15, 0.2) is 47.2 Å². The molecule has 0 saturated heterocycles. The van der Waals surface area contributed by atoms with Crippen LogP contribution in [0.25, 0.3) is 11.4 Å². The number of pyridine rings is 1.